The molecule has 0 bridgehead atoms. The van der Waals surface area contributed by atoms with Crippen LogP contribution in [0.5, 0.6) is 5.75 Å². The average molecular weight is 282 g/mol. The first-order valence-electron chi connectivity index (χ1n) is 7.00. The van der Waals surface area contributed by atoms with E-state index in [-0.39, 0.29) is 0 Å². The fourth-order valence-corrected chi connectivity index (χ4v) is 2.75. The van der Waals surface area contributed by atoms with Gasteiger partial charge >= 0.3 is 0 Å². The molecule has 0 unspecified atom stereocenters. The smallest absolute Gasteiger partial charge is 0.119 e. The van der Waals surface area contributed by atoms with Crippen molar-refractivity contribution in [3.8, 4) is 5.75 Å². The third-order valence-electron chi connectivity index (χ3n) is 3.80. The van der Waals surface area contributed by atoms with Crippen LogP contribution in [0.3, 0.4) is 0 Å². The molecular weight excluding hydrogens is 264 g/mol. The molecule has 3 rings (SSSR count). The zero-order valence-electron chi connectivity index (χ0n) is 12.0. The Balaban J connectivity index is 1.90. The number of hydrogen-bond acceptors (Lipinski definition) is 4. The van der Waals surface area contributed by atoms with Crippen molar-refractivity contribution in [1.29, 1.82) is 0 Å². The highest BCUT2D eigenvalue weighted by molar-refractivity contribution is 6.06. The molecule has 1 aliphatic heterocycles. The van der Waals surface area contributed by atoms with Crippen LogP contribution in [-0.2, 0) is 6.54 Å². The van der Waals surface area contributed by atoms with E-state index in [0.29, 0.717) is 0 Å². The summed E-state index contributed by atoms with van der Waals surface area (Å²) in [4.78, 5) is 2.30. The van der Waals surface area contributed by atoms with Gasteiger partial charge in [-0.1, -0.05) is 35.5 Å². The highest BCUT2D eigenvalue weighted by Gasteiger charge is 2.21. The lowest BCUT2D eigenvalue weighted by Crippen LogP contribution is -2.31. The predicted molar refractivity (Wildman–Crippen MR) is 83.4 cm³/mol. The van der Waals surface area contributed by atoms with Gasteiger partial charge in [-0.15, -0.1) is 0 Å². The second-order valence-electron chi connectivity index (χ2n) is 5.09. The molecule has 0 atom stereocenters. The minimum Gasteiger partial charge on any atom is -0.497 e. The maximum Gasteiger partial charge on any atom is 0.119 e. The number of oxime groups is 1. The number of benzene rings is 2. The Kier molecular flexibility index (Phi) is 3.77. The Morgan fingerprint density at radius 2 is 2.05 bits per heavy atom. The van der Waals surface area contributed by atoms with E-state index in [2.05, 4.69) is 28.3 Å². The number of para-hydroxylation sites is 1. The van der Waals surface area contributed by atoms with Crippen molar-refractivity contribution in [2.24, 2.45) is 5.16 Å². The normalized spacial score (nSPS) is 15.9. The second kappa shape index (κ2) is 5.87. The molecule has 0 spiro atoms. The average Bonchev–Trinajstić information content (AvgIpc) is 2.55. The lowest BCUT2D eigenvalue weighted by atomic mass is 9.99. The molecule has 108 valence electrons. The quantitative estimate of drug-likeness (QED) is 0.694. The Bertz CT molecular complexity index is 667. The van der Waals surface area contributed by atoms with Crippen LogP contribution in [0.25, 0.3) is 0 Å². The van der Waals surface area contributed by atoms with Gasteiger partial charge in [0.2, 0.25) is 0 Å². The first-order chi connectivity index (χ1) is 10.3. The molecule has 1 heterocycles. The molecule has 2 aromatic carbocycles. The fraction of sp³-hybridized carbons (Fsp3) is 0.235. The lowest BCUT2D eigenvalue weighted by molar-refractivity contribution is 0.317. The summed E-state index contributed by atoms with van der Waals surface area (Å²) in [5.74, 6) is 0.871. The maximum absolute atomic E-state index is 9.14. The van der Waals surface area contributed by atoms with Gasteiger partial charge in [-0.3, -0.25) is 0 Å². The SMILES string of the molecule is COc1cccc(CN2CCC(=NO)c3ccccc32)c1. The summed E-state index contributed by atoms with van der Waals surface area (Å²) in [5.41, 5.74) is 4.08. The fourth-order valence-electron chi connectivity index (χ4n) is 2.75. The number of hydrogen-bond donors (Lipinski definition) is 1. The van der Waals surface area contributed by atoms with Gasteiger partial charge in [0.1, 0.15) is 5.75 Å². The van der Waals surface area contributed by atoms with Crippen LogP contribution in [0.15, 0.2) is 53.7 Å². The molecule has 21 heavy (non-hydrogen) atoms. The molecule has 0 saturated heterocycles. The van der Waals surface area contributed by atoms with Crippen LogP contribution in [0.2, 0.25) is 0 Å². The number of rotatable bonds is 3. The van der Waals surface area contributed by atoms with Gasteiger partial charge in [0, 0.05) is 30.8 Å². The maximum atomic E-state index is 9.14. The van der Waals surface area contributed by atoms with Crippen molar-refractivity contribution in [2.45, 2.75) is 13.0 Å². The number of anilines is 1. The number of methoxy groups -OCH3 is 1. The van der Waals surface area contributed by atoms with Gasteiger partial charge < -0.3 is 14.8 Å². The van der Waals surface area contributed by atoms with Crippen molar-refractivity contribution < 1.29 is 9.94 Å². The first-order valence-corrected chi connectivity index (χ1v) is 7.00. The predicted octanol–water partition coefficient (Wildman–Crippen LogP) is 3.28. The van der Waals surface area contributed by atoms with Gasteiger partial charge in [0.15, 0.2) is 0 Å². The van der Waals surface area contributed by atoms with Crippen LogP contribution >= 0.6 is 0 Å². The summed E-state index contributed by atoms with van der Waals surface area (Å²) in [6.45, 7) is 1.65. The van der Waals surface area contributed by atoms with Crippen molar-refractivity contribution >= 4 is 11.4 Å². The molecular formula is C17H18N2O2. The van der Waals surface area contributed by atoms with E-state index in [0.717, 1.165) is 42.2 Å². The Hall–Kier alpha value is -2.49. The summed E-state index contributed by atoms with van der Waals surface area (Å²) < 4.78 is 5.28. The monoisotopic (exact) mass is 282 g/mol. The largest absolute Gasteiger partial charge is 0.497 e. The first kappa shape index (κ1) is 13.5. The molecule has 0 saturated carbocycles. The molecule has 1 N–H and O–H groups in total. The summed E-state index contributed by atoms with van der Waals surface area (Å²) in [6.07, 6.45) is 0.748. The van der Waals surface area contributed by atoms with Crippen LogP contribution < -0.4 is 9.64 Å². The van der Waals surface area contributed by atoms with Gasteiger partial charge in [-0.05, 0) is 23.8 Å². The summed E-state index contributed by atoms with van der Waals surface area (Å²) >= 11 is 0. The summed E-state index contributed by atoms with van der Waals surface area (Å²) in [6, 6.07) is 16.2. The molecule has 0 fully saturated rings. The second-order valence-corrected chi connectivity index (χ2v) is 5.09. The lowest BCUT2D eigenvalue weighted by Gasteiger charge is -2.31. The van der Waals surface area contributed by atoms with E-state index in [1.165, 1.54) is 5.56 Å². The van der Waals surface area contributed by atoms with Gasteiger partial charge in [0.25, 0.3) is 0 Å². The molecule has 0 amide bonds. The molecule has 0 aliphatic carbocycles. The number of nitrogens with zero attached hydrogens (tertiary/aromatic N) is 2. The Morgan fingerprint density at radius 3 is 2.86 bits per heavy atom. The van der Waals surface area contributed by atoms with E-state index in [1.807, 2.05) is 30.3 Å². The van der Waals surface area contributed by atoms with Gasteiger partial charge in [-0.25, -0.2) is 0 Å². The standard InChI is InChI=1S/C17H18N2O2/c1-21-14-6-4-5-13(11-14)12-19-10-9-16(18-20)15-7-2-3-8-17(15)19/h2-8,11,20H,9-10,12H2,1H3. The molecule has 4 heteroatoms. The van der Waals surface area contributed by atoms with E-state index in [4.69, 9.17) is 9.94 Å². The van der Waals surface area contributed by atoms with Crippen LogP contribution in [0.4, 0.5) is 5.69 Å². The summed E-state index contributed by atoms with van der Waals surface area (Å²) in [7, 11) is 1.68. The number of fused-ring (bicyclic) bond motifs is 1. The highest BCUT2D eigenvalue weighted by Crippen LogP contribution is 2.29. The minimum atomic E-state index is 0.748. The highest BCUT2D eigenvalue weighted by atomic mass is 16.5. The van der Waals surface area contributed by atoms with Crippen molar-refractivity contribution in [3.63, 3.8) is 0 Å². The Morgan fingerprint density at radius 1 is 1.19 bits per heavy atom. The Labute approximate surface area is 124 Å². The van der Waals surface area contributed by atoms with Crippen LogP contribution in [0, 0.1) is 0 Å². The topological polar surface area (TPSA) is 45.1 Å². The minimum absolute atomic E-state index is 0.748. The van der Waals surface area contributed by atoms with E-state index in [1.54, 1.807) is 7.11 Å². The zero-order valence-corrected chi connectivity index (χ0v) is 12.0. The molecule has 0 aromatic heterocycles. The van der Waals surface area contributed by atoms with Crippen molar-refractivity contribution in [2.75, 3.05) is 18.6 Å². The van der Waals surface area contributed by atoms with E-state index >= 15 is 0 Å². The van der Waals surface area contributed by atoms with Crippen LogP contribution in [-0.4, -0.2) is 24.6 Å². The van der Waals surface area contributed by atoms with Crippen molar-refractivity contribution in [3.05, 3.63) is 59.7 Å². The van der Waals surface area contributed by atoms with Gasteiger partial charge in [0.05, 0.1) is 12.8 Å². The van der Waals surface area contributed by atoms with E-state index in [9.17, 15) is 0 Å². The third kappa shape index (κ3) is 2.70. The third-order valence-corrected chi connectivity index (χ3v) is 3.80. The number of ether oxygens (including phenoxy) is 1. The molecule has 1 aliphatic rings. The van der Waals surface area contributed by atoms with E-state index < -0.39 is 0 Å². The van der Waals surface area contributed by atoms with Crippen molar-refractivity contribution in [1.82, 2.24) is 0 Å². The molecule has 4 nitrogen and oxygen atoms in total. The molecule has 2 aromatic rings. The zero-order chi connectivity index (χ0) is 14.7. The van der Waals surface area contributed by atoms with Gasteiger partial charge in [-0.2, -0.15) is 0 Å². The molecule has 0 radical (unpaired) electrons. The van der Waals surface area contributed by atoms with Crippen LogP contribution in [0.1, 0.15) is 17.5 Å². The summed E-state index contributed by atoms with van der Waals surface area (Å²) in [5, 5.41) is 12.6.